The van der Waals surface area contributed by atoms with E-state index in [0.717, 1.165) is 38.3 Å². The van der Waals surface area contributed by atoms with Crippen LogP contribution in [0.5, 0.6) is 0 Å². The van der Waals surface area contributed by atoms with Gasteiger partial charge in [0.15, 0.2) is 0 Å². The summed E-state index contributed by atoms with van der Waals surface area (Å²) in [7, 11) is 0. The monoisotopic (exact) mass is 293 g/mol. The molecule has 120 valence electrons. The first kappa shape index (κ1) is 16.4. The van der Waals surface area contributed by atoms with Gasteiger partial charge in [-0.3, -0.25) is 4.68 Å². The highest BCUT2D eigenvalue weighted by Gasteiger charge is 2.22. The second-order valence-corrected chi connectivity index (χ2v) is 7.01. The summed E-state index contributed by atoms with van der Waals surface area (Å²) in [6.45, 7) is 13.3. The van der Waals surface area contributed by atoms with Crippen LogP contribution >= 0.6 is 0 Å². The van der Waals surface area contributed by atoms with Crippen molar-refractivity contribution in [3.63, 3.8) is 0 Å². The fraction of sp³-hybridized carbons (Fsp3) is 0.875. The predicted octanol–water partition coefficient (Wildman–Crippen LogP) is 2.29. The molecule has 1 aromatic heterocycles. The first-order valence-corrected chi connectivity index (χ1v) is 8.41. The molecular formula is C16H31N5. The van der Waals surface area contributed by atoms with E-state index in [0.29, 0.717) is 5.41 Å². The first-order valence-electron chi connectivity index (χ1n) is 8.41. The lowest BCUT2D eigenvalue weighted by Crippen LogP contribution is -2.29. The van der Waals surface area contributed by atoms with Crippen LogP contribution in [0.15, 0.2) is 6.20 Å². The highest BCUT2D eigenvalue weighted by molar-refractivity contribution is 4.91. The van der Waals surface area contributed by atoms with Crippen molar-refractivity contribution >= 4 is 0 Å². The highest BCUT2D eigenvalue weighted by atomic mass is 15.4. The topological polar surface area (TPSA) is 46.0 Å². The molecule has 2 rings (SSSR count). The number of rotatable bonds is 7. The van der Waals surface area contributed by atoms with Crippen LogP contribution in [0.25, 0.3) is 0 Å². The zero-order valence-electron chi connectivity index (χ0n) is 13.9. The number of nitrogens with one attached hydrogen (secondary N) is 1. The molecule has 0 aromatic carbocycles. The Hall–Kier alpha value is -0.940. The van der Waals surface area contributed by atoms with Crippen LogP contribution in [0.3, 0.4) is 0 Å². The van der Waals surface area contributed by atoms with Gasteiger partial charge in [0.25, 0.3) is 0 Å². The standard InChI is InChI=1S/C16H31N5/c1-4-8-17-13-15-14-21(19-18-15)12-11-20-9-5-6-16(2,3)7-10-20/h14,17H,4-13H2,1-3H3. The molecule has 1 N–H and O–H groups in total. The molecule has 1 saturated heterocycles. The molecule has 0 spiro atoms. The largest absolute Gasteiger partial charge is 0.311 e. The summed E-state index contributed by atoms with van der Waals surface area (Å²) in [5.41, 5.74) is 1.56. The van der Waals surface area contributed by atoms with Crippen LogP contribution in [0, 0.1) is 5.41 Å². The van der Waals surface area contributed by atoms with Crippen molar-refractivity contribution in [3.8, 4) is 0 Å². The number of likely N-dealkylation sites (tertiary alicyclic amines) is 1. The van der Waals surface area contributed by atoms with Crippen LogP contribution in [-0.4, -0.2) is 46.1 Å². The number of nitrogens with zero attached hydrogens (tertiary/aromatic N) is 4. The summed E-state index contributed by atoms with van der Waals surface area (Å²) in [6.07, 6.45) is 7.19. The maximum Gasteiger partial charge on any atom is 0.0964 e. The Bertz CT molecular complexity index is 413. The molecule has 0 saturated carbocycles. The van der Waals surface area contributed by atoms with Gasteiger partial charge in [-0.1, -0.05) is 26.0 Å². The third-order valence-corrected chi connectivity index (χ3v) is 4.40. The zero-order chi connectivity index (χ0) is 15.1. The van der Waals surface area contributed by atoms with Crippen LogP contribution in [-0.2, 0) is 13.1 Å². The number of aromatic nitrogens is 3. The molecule has 0 amide bonds. The van der Waals surface area contributed by atoms with Crippen molar-refractivity contribution in [3.05, 3.63) is 11.9 Å². The van der Waals surface area contributed by atoms with E-state index in [1.54, 1.807) is 0 Å². The van der Waals surface area contributed by atoms with Gasteiger partial charge in [-0.25, -0.2) is 0 Å². The summed E-state index contributed by atoms with van der Waals surface area (Å²) >= 11 is 0. The molecule has 1 aliphatic heterocycles. The summed E-state index contributed by atoms with van der Waals surface area (Å²) < 4.78 is 1.99. The minimum Gasteiger partial charge on any atom is -0.311 e. The van der Waals surface area contributed by atoms with Gasteiger partial charge in [0.1, 0.15) is 0 Å². The van der Waals surface area contributed by atoms with E-state index in [-0.39, 0.29) is 0 Å². The lowest BCUT2D eigenvalue weighted by Gasteiger charge is -2.23. The fourth-order valence-corrected chi connectivity index (χ4v) is 2.87. The van der Waals surface area contributed by atoms with Crippen molar-refractivity contribution in [2.75, 3.05) is 26.2 Å². The van der Waals surface area contributed by atoms with Crippen molar-refractivity contribution < 1.29 is 0 Å². The van der Waals surface area contributed by atoms with Crippen molar-refractivity contribution in [2.45, 2.75) is 59.5 Å². The Morgan fingerprint density at radius 3 is 2.90 bits per heavy atom. The Kier molecular flexibility index (Phi) is 6.18. The second kappa shape index (κ2) is 7.90. The Labute approximate surface area is 129 Å². The van der Waals surface area contributed by atoms with Crippen LogP contribution < -0.4 is 5.32 Å². The molecule has 5 heteroatoms. The Morgan fingerprint density at radius 1 is 1.24 bits per heavy atom. The van der Waals surface area contributed by atoms with E-state index >= 15 is 0 Å². The highest BCUT2D eigenvalue weighted by Crippen LogP contribution is 2.29. The molecular weight excluding hydrogens is 262 g/mol. The minimum absolute atomic E-state index is 0.514. The summed E-state index contributed by atoms with van der Waals surface area (Å²) in [4.78, 5) is 2.57. The molecule has 2 heterocycles. The van der Waals surface area contributed by atoms with Crippen molar-refractivity contribution in [1.82, 2.24) is 25.2 Å². The lowest BCUT2D eigenvalue weighted by molar-refractivity contribution is 0.250. The minimum atomic E-state index is 0.514. The number of hydrogen-bond acceptors (Lipinski definition) is 4. The maximum atomic E-state index is 4.23. The molecule has 1 aliphatic rings. The van der Waals surface area contributed by atoms with Gasteiger partial charge in [-0.05, 0) is 50.7 Å². The van der Waals surface area contributed by atoms with Gasteiger partial charge in [-0.15, -0.1) is 5.10 Å². The normalized spacial score (nSPS) is 19.6. The molecule has 0 aliphatic carbocycles. The van der Waals surface area contributed by atoms with Crippen molar-refractivity contribution in [1.29, 1.82) is 0 Å². The van der Waals surface area contributed by atoms with E-state index in [4.69, 9.17) is 0 Å². The summed E-state index contributed by atoms with van der Waals surface area (Å²) in [5.74, 6) is 0. The van der Waals surface area contributed by atoms with E-state index in [2.05, 4.69) is 47.5 Å². The molecule has 0 unspecified atom stereocenters. The summed E-state index contributed by atoms with van der Waals surface area (Å²) in [6, 6.07) is 0. The number of hydrogen-bond donors (Lipinski definition) is 1. The second-order valence-electron chi connectivity index (χ2n) is 7.01. The zero-order valence-corrected chi connectivity index (χ0v) is 13.9. The van der Waals surface area contributed by atoms with Crippen molar-refractivity contribution in [2.24, 2.45) is 5.41 Å². The van der Waals surface area contributed by atoms with Gasteiger partial charge in [0.2, 0.25) is 0 Å². The van der Waals surface area contributed by atoms with Crippen LogP contribution in [0.1, 0.15) is 52.1 Å². The van der Waals surface area contributed by atoms with Gasteiger partial charge >= 0.3 is 0 Å². The van der Waals surface area contributed by atoms with E-state index in [9.17, 15) is 0 Å². The van der Waals surface area contributed by atoms with Crippen LogP contribution in [0.4, 0.5) is 0 Å². The molecule has 0 atom stereocenters. The Morgan fingerprint density at radius 2 is 2.10 bits per heavy atom. The Balaban J connectivity index is 1.72. The fourth-order valence-electron chi connectivity index (χ4n) is 2.87. The smallest absolute Gasteiger partial charge is 0.0964 e. The lowest BCUT2D eigenvalue weighted by atomic mass is 9.85. The third kappa shape index (κ3) is 5.75. The first-order chi connectivity index (χ1) is 10.1. The third-order valence-electron chi connectivity index (χ3n) is 4.40. The van der Waals surface area contributed by atoms with Gasteiger partial charge in [-0.2, -0.15) is 0 Å². The molecule has 0 bridgehead atoms. The average molecular weight is 293 g/mol. The van der Waals surface area contributed by atoms with E-state index < -0.39 is 0 Å². The van der Waals surface area contributed by atoms with Crippen LogP contribution in [0.2, 0.25) is 0 Å². The van der Waals surface area contributed by atoms with E-state index in [1.807, 2.05) is 4.68 Å². The molecule has 1 aromatic rings. The molecule has 0 radical (unpaired) electrons. The average Bonchev–Trinajstić information content (AvgIpc) is 2.82. The van der Waals surface area contributed by atoms with Gasteiger partial charge in [0.05, 0.1) is 12.2 Å². The predicted molar refractivity (Wildman–Crippen MR) is 86.1 cm³/mol. The van der Waals surface area contributed by atoms with E-state index in [1.165, 1.54) is 32.4 Å². The summed E-state index contributed by atoms with van der Waals surface area (Å²) in [5, 5.41) is 11.8. The van der Waals surface area contributed by atoms with Gasteiger partial charge in [0, 0.05) is 19.3 Å². The quantitative estimate of drug-likeness (QED) is 0.784. The van der Waals surface area contributed by atoms with Gasteiger partial charge < -0.3 is 10.2 Å². The SMILES string of the molecule is CCCNCc1cn(CCN2CCCC(C)(C)CC2)nn1. The molecule has 21 heavy (non-hydrogen) atoms. The maximum absolute atomic E-state index is 4.23. The molecule has 1 fully saturated rings. The molecule has 5 nitrogen and oxygen atoms in total.